The highest BCUT2D eigenvalue weighted by molar-refractivity contribution is 9.10. The predicted molar refractivity (Wildman–Crippen MR) is 63.6 cm³/mol. The van der Waals surface area contributed by atoms with Crippen LogP contribution in [0.2, 0.25) is 0 Å². The van der Waals surface area contributed by atoms with Gasteiger partial charge in [0.25, 0.3) is 0 Å². The molecule has 2 rings (SSSR count). The Balaban J connectivity index is 2.55. The van der Waals surface area contributed by atoms with E-state index < -0.39 is 0 Å². The minimum Gasteiger partial charge on any atom is -0.287 e. The number of halogens is 1. The molecule has 0 aliphatic heterocycles. The lowest BCUT2D eigenvalue weighted by molar-refractivity contribution is 0.102. The summed E-state index contributed by atoms with van der Waals surface area (Å²) in [4.78, 5) is 12.3. The van der Waals surface area contributed by atoms with E-state index in [-0.39, 0.29) is 5.78 Å². The summed E-state index contributed by atoms with van der Waals surface area (Å²) in [7, 11) is 1.67. The lowest BCUT2D eigenvalue weighted by atomic mass is 10.1. The van der Waals surface area contributed by atoms with Crippen molar-refractivity contribution in [1.82, 2.24) is 25.2 Å². The zero-order chi connectivity index (χ0) is 12.6. The third kappa shape index (κ3) is 2.10. The minimum absolute atomic E-state index is 0.167. The van der Waals surface area contributed by atoms with E-state index >= 15 is 0 Å². The lowest BCUT2D eigenvalue weighted by Gasteiger charge is -2.04. The van der Waals surface area contributed by atoms with Crippen molar-refractivity contribution in [3.63, 3.8) is 0 Å². The van der Waals surface area contributed by atoms with Crippen molar-refractivity contribution in [3.05, 3.63) is 33.3 Å². The van der Waals surface area contributed by atoms with E-state index in [0.717, 1.165) is 0 Å². The number of hydrogen-bond donors (Lipinski definition) is 0. The molecular weight excluding hydrogens is 286 g/mol. The fourth-order valence-electron chi connectivity index (χ4n) is 1.48. The molecule has 0 fully saturated rings. The normalized spacial score (nSPS) is 10.6. The van der Waals surface area contributed by atoms with Gasteiger partial charge in [0, 0.05) is 12.6 Å². The zero-order valence-electron chi connectivity index (χ0n) is 9.60. The number of aryl methyl sites for hydroxylation is 3. The Hall–Kier alpha value is -1.63. The van der Waals surface area contributed by atoms with Gasteiger partial charge in [0.05, 0.1) is 11.4 Å². The SMILES string of the molecule is Cc1cc(C(=O)c2c(Br)nnn2C)c(C)nn1. The summed E-state index contributed by atoms with van der Waals surface area (Å²) < 4.78 is 1.86. The quantitative estimate of drug-likeness (QED) is 0.779. The van der Waals surface area contributed by atoms with E-state index in [9.17, 15) is 4.79 Å². The molecule has 0 radical (unpaired) electrons. The summed E-state index contributed by atoms with van der Waals surface area (Å²) in [6.07, 6.45) is 0. The van der Waals surface area contributed by atoms with Gasteiger partial charge in [-0.2, -0.15) is 10.2 Å². The maximum Gasteiger partial charge on any atom is 0.215 e. The van der Waals surface area contributed by atoms with Crippen LogP contribution >= 0.6 is 15.9 Å². The average molecular weight is 296 g/mol. The maximum absolute atomic E-state index is 12.3. The first-order valence-electron chi connectivity index (χ1n) is 4.91. The highest BCUT2D eigenvalue weighted by Crippen LogP contribution is 2.18. The van der Waals surface area contributed by atoms with Crippen LogP contribution in [0.15, 0.2) is 10.7 Å². The van der Waals surface area contributed by atoms with E-state index in [4.69, 9.17) is 0 Å². The maximum atomic E-state index is 12.3. The monoisotopic (exact) mass is 295 g/mol. The second-order valence-corrected chi connectivity index (χ2v) is 4.42. The van der Waals surface area contributed by atoms with E-state index in [1.807, 2.05) is 0 Å². The number of aromatic nitrogens is 5. The van der Waals surface area contributed by atoms with Crippen LogP contribution in [0.5, 0.6) is 0 Å². The van der Waals surface area contributed by atoms with Gasteiger partial charge in [-0.1, -0.05) is 5.21 Å². The Labute approximate surface area is 106 Å². The van der Waals surface area contributed by atoms with Crippen molar-refractivity contribution in [3.8, 4) is 0 Å². The predicted octanol–water partition coefficient (Wildman–Crippen LogP) is 1.22. The molecule has 0 bridgehead atoms. The molecule has 0 aliphatic carbocycles. The molecule has 0 aliphatic rings. The molecule has 0 amide bonds. The molecule has 0 aromatic carbocycles. The highest BCUT2D eigenvalue weighted by Gasteiger charge is 2.21. The van der Waals surface area contributed by atoms with Crippen molar-refractivity contribution in [2.75, 3.05) is 0 Å². The van der Waals surface area contributed by atoms with Crippen molar-refractivity contribution in [2.24, 2.45) is 7.05 Å². The van der Waals surface area contributed by atoms with Gasteiger partial charge in [-0.3, -0.25) is 4.79 Å². The molecule has 2 aromatic rings. The molecule has 0 N–H and O–H groups in total. The molecule has 0 atom stereocenters. The third-order valence-corrected chi connectivity index (χ3v) is 2.88. The number of carbonyl (C=O) groups is 1. The first kappa shape index (κ1) is 11.8. The fourth-order valence-corrected chi connectivity index (χ4v) is 1.99. The Morgan fingerprint density at radius 2 is 2.00 bits per heavy atom. The molecule has 0 saturated carbocycles. The van der Waals surface area contributed by atoms with Crippen LogP contribution in [0.4, 0.5) is 0 Å². The van der Waals surface area contributed by atoms with Crippen molar-refractivity contribution < 1.29 is 4.79 Å². The Kier molecular flexibility index (Phi) is 3.01. The molecule has 17 heavy (non-hydrogen) atoms. The van der Waals surface area contributed by atoms with Gasteiger partial charge in [-0.15, -0.1) is 5.10 Å². The second-order valence-electron chi connectivity index (χ2n) is 3.67. The Bertz CT molecular complexity index is 573. The molecule has 0 unspecified atom stereocenters. The molecular formula is C10H10BrN5O. The molecule has 2 aromatic heterocycles. The standard InChI is InChI=1S/C10H10BrN5O/c1-5-4-7(6(2)13-12-5)9(17)8-10(11)14-15-16(8)3/h4H,1-3H3. The highest BCUT2D eigenvalue weighted by atomic mass is 79.9. The molecule has 0 saturated heterocycles. The molecule has 6 nitrogen and oxygen atoms in total. The van der Waals surface area contributed by atoms with Gasteiger partial charge in [0.15, 0.2) is 4.60 Å². The summed E-state index contributed by atoms with van der Waals surface area (Å²) in [5.74, 6) is -0.167. The molecule has 88 valence electrons. The van der Waals surface area contributed by atoms with Crippen LogP contribution in [-0.2, 0) is 7.05 Å². The van der Waals surface area contributed by atoms with E-state index in [0.29, 0.717) is 27.2 Å². The largest absolute Gasteiger partial charge is 0.287 e. The Morgan fingerprint density at radius 3 is 2.59 bits per heavy atom. The molecule has 0 spiro atoms. The van der Waals surface area contributed by atoms with E-state index in [2.05, 4.69) is 36.4 Å². The van der Waals surface area contributed by atoms with Gasteiger partial charge in [0.2, 0.25) is 5.78 Å². The lowest BCUT2D eigenvalue weighted by Crippen LogP contribution is -2.12. The van der Waals surface area contributed by atoms with Gasteiger partial charge in [-0.25, -0.2) is 4.68 Å². The number of nitrogens with zero attached hydrogens (tertiary/aromatic N) is 5. The fraction of sp³-hybridized carbons (Fsp3) is 0.300. The van der Waals surface area contributed by atoms with E-state index in [1.165, 1.54) is 4.68 Å². The van der Waals surface area contributed by atoms with Gasteiger partial charge in [-0.05, 0) is 35.8 Å². The zero-order valence-corrected chi connectivity index (χ0v) is 11.2. The number of hydrogen-bond acceptors (Lipinski definition) is 5. The summed E-state index contributed by atoms with van der Waals surface area (Å²) >= 11 is 3.21. The van der Waals surface area contributed by atoms with Crippen LogP contribution in [-0.4, -0.2) is 31.0 Å². The summed E-state index contributed by atoms with van der Waals surface area (Å²) in [6, 6.07) is 1.71. The van der Waals surface area contributed by atoms with Gasteiger partial charge >= 0.3 is 0 Å². The first-order valence-corrected chi connectivity index (χ1v) is 5.71. The van der Waals surface area contributed by atoms with Crippen molar-refractivity contribution >= 4 is 21.7 Å². The van der Waals surface area contributed by atoms with Crippen molar-refractivity contribution in [2.45, 2.75) is 13.8 Å². The molecule has 7 heteroatoms. The second kappa shape index (κ2) is 4.33. The van der Waals surface area contributed by atoms with Crippen LogP contribution in [0.1, 0.15) is 27.4 Å². The number of ketones is 1. The summed E-state index contributed by atoms with van der Waals surface area (Å²) in [5.41, 5.74) is 2.21. The van der Waals surface area contributed by atoms with Crippen LogP contribution in [0.25, 0.3) is 0 Å². The minimum atomic E-state index is -0.167. The van der Waals surface area contributed by atoms with Gasteiger partial charge < -0.3 is 0 Å². The van der Waals surface area contributed by atoms with Crippen LogP contribution < -0.4 is 0 Å². The Morgan fingerprint density at radius 1 is 1.29 bits per heavy atom. The average Bonchev–Trinajstić information content (AvgIpc) is 2.61. The smallest absolute Gasteiger partial charge is 0.215 e. The van der Waals surface area contributed by atoms with E-state index in [1.54, 1.807) is 27.0 Å². The first-order chi connectivity index (χ1) is 8.00. The summed E-state index contributed by atoms with van der Waals surface area (Å²) in [5, 5.41) is 15.4. The van der Waals surface area contributed by atoms with Crippen molar-refractivity contribution in [1.29, 1.82) is 0 Å². The third-order valence-electron chi connectivity index (χ3n) is 2.35. The number of rotatable bonds is 2. The topological polar surface area (TPSA) is 73.6 Å². The molecule has 2 heterocycles. The van der Waals surface area contributed by atoms with Crippen LogP contribution in [0, 0.1) is 13.8 Å². The number of carbonyl (C=O) groups excluding carboxylic acids is 1. The van der Waals surface area contributed by atoms with Gasteiger partial charge in [0.1, 0.15) is 5.69 Å². The summed E-state index contributed by atoms with van der Waals surface area (Å²) in [6.45, 7) is 3.54. The van der Waals surface area contributed by atoms with Crippen LogP contribution in [0.3, 0.4) is 0 Å².